The lowest BCUT2D eigenvalue weighted by Crippen LogP contribution is -2.30. The van der Waals surface area contributed by atoms with E-state index in [1.807, 2.05) is 67.8 Å². The first-order chi connectivity index (χ1) is 17.6. The van der Waals surface area contributed by atoms with Gasteiger partial charge >= 0.3 is 0 Å². The number of aryl methyl sites for hydroxylation is 2. The molecule has 0 atom stereocenters. The summed E-state index contributed by atoms with van der Waals surface area (Å²) in [7, 11) is 2.02. The number of pyridine rings is 2. The van der Waals surface area contributed by atoms with E-state index >= 15 is 4.39 Å². The summed E-state index contributed by atoms with van der Waals surface area (Å²) in [5, 5.41) is 4.82. The number of rotatable bonds is 2. The number of hydrogen-bond acceptors (Lipinski definition) is 2. The summed E-state index contributed by atoms with van der Waals surface area (Å²) < 4.78 is 24.4. The number of benzene rings is 4. The Morgan fingerprint density at radius 3 is 2.14 bits per heavy atom. The van der Waals surface area contributed by atoms with Crippen LogP contribution in [0.1, 0.15) is 5.56 Å². The van der Waals surface area contributed by atoms with Gasteiger partial charge in [-0.05, 0) is 42.1 Å². The summed E-state index contributed by atoms with van der Waals surface area (Å²) in [6.45, 7) is 2.08. The van der Waals surface area contributed by atoms with Crippen LogP contribution in [0, 0.1) is 12.7 Å². The molecule has 0 fully saturated rings. The van der Waals surface area contributed by atoms with Crippen molar-refractivity contribution < 1.29 is 13.4 Å². The van der Waals surface area contributed by atoms with E-state index in [2.05, 4.69) is 41.8 Å². The van der Waals surface area contributed by atoms with Crippen molar-refractivity contribution in [1.29, 1.82) is 0 Å². The molecule has 4 aromatic carbocycles. The third-order valence-corrected chi connectivity index (χ3v) is 7.12. The minimum absolute atomic E-state index is 0.349. The van der Waals surface area contributed by atoms with Crippen LogP contribution in [0.2, 0.25) is 0 Å². The van der Waals surface area contributed by atoms with Gasteiger partial charge in [-0.25, -0.2) is 13.9 Å². The highest BCUT2D eigenvalue weighted by Gasteiger charge is 2.24. The van der Waals surface area contributed by atoms with Gasteiger partial charge in [0.1, 0.15) is 24.0 Å². The lowest BCUT2D eigenvalue weighted by molar-refractivity contribution is -0.660. The van der Waals surface area contributed by atoms with E-state index in [1.54, 1.807) is 0 Å². The summed E-state index contributed by atoms with van der Waals surface area (Å²) in [6, 6.07) is 29.6. The van der Waals surface area contributed by atoms with Gasteiger partial charge in [-0.2, -0.15) is 0 Å². The second-order valence-electron chi connectivity index (χ2n) is 9.26. The van der Waals surface area contributed by atoms with Gasteiger partial charge in [0.25, 0.3) is 0 Å². The maximum Gasteiger partial charge on any atom is 0.216 e. The number of halogens is 1. The summed E-state index contributed by atoms with van der Waals surface area (Å²) in [5.41, 5.74) is 6.23. The number of para-hydroxylation sites is 1. The third kappa shape index (κ3) is 2.91. The van der Waals surface area contributed by atoms with Crippen LogP contribution in [0.4, 0.5) is 4.39 Å². The Balaban J connectivity index is 1.63. The standard InChI is InChI=1S/C32H22FN2O/c1-19-14-15-23-24-16-17-25(33)29(32(24)36-31(23)28(19)27-13-7-8-18-35(27)2)30-22-11-4-3-9-20(22)21-10-5-6-12-26(21)34-30/h3-18H,1-2H3/q+1. The lowest BCUT2D eigenvalue weighted by Gasteiger charge is -2.11. The van der Waals surface area contributed by atoms with E-state index < -0.39 is 0 Å². The molecular weight excluding hydrogens is 447 g/mol. The second kappa shape index (κ2) is 7.72. The first kappa shape index (κ1) is 20.8. The van der Waals surface area contributed by atoms with Crippen LogP contribution < -0.4 is 4.57 Å². The van der Waals surface area contributed by atoms with Gasteiger partial charge in [-0.3, -0.25) is 0 Å². The van der Waals surface area contributed by atoms with Crippen molar-refractivity contribution >= 4 is 43.6 Å². The number of nitrogens with zero attached hydrogens (tertiary/aromatic N) is 2. The van der Waals surface area contributed by atoms with Gasteiger partial charge in [0.05, 0.1) is 22.3 Å². The third-order valence-electron chi connectivity index (χ3n) is 7.12. The van der Waals surface area contributed by atoms with E-state index in [1.165, 1.54) is 6.07 Å². The van der Waals surface area contributed by atoms with Gasteiger partial charge in [0, 0.05) is 33.7 Å². The molecule has 3 aromatic heterocycles. The van der Waals surface area contributed by atoms with Gasteiger partial charge in [-0.1, -0.05) is 54.6 Å². The molecule has 0 unspecified atom stereocenters. The lowest BCUT2D eigenvalue weighted by atomic mass is 9.97. The Labute approximate surface area is 207 Å². The zero-order valence-corrected chi connectivity index (χ0v) is 19.9. The summed E-state index contributed by atoms with van der Waals surface area (Å²) in [5.74, 6) is -0.349. The van der Waals surface area contributed by atoms with E-state index in [0.29, 0.717) is 16.8 Å². The van der Waals surface area contributed by atoms with Crippen molar-refractivity contribution in [3.8, 4) is 22.5 Å². The first-order valence-corrected chi connectivity index (χ1v) is 12.0. The highest BCUT2D eigenvalue weighted by Crippen LogP contribution is 2.43. The molecule has 0 amide bonds. The maximum atomic E-state index is 15.7. The number of hydrogen-bond donors (Lipinski definition) is 0. The van der Waals surface area contributed by atoms with Crippen LogP contribution in [-0.4, -0.2) is 4.98 Å². The normalized spacial score (nSPS) is 11.8. The van der Waals surface area contributed by atoms with Gasteiger partial charge < -0.3 is 4.42 Å². The van der Waals surface area contributed by atoms with Crippen LogP contribution in [0.15, 0.2) is 102 Å². The number of aromatic nitrogens is 2. The minimum atomic E-state index is -0.349. The fraction of sp³-hybridized carbons (Fsp3) is 0.0625. The Hall–Kier alpha value is -4.57. The Kier molecular flexibility index (Phi) is 4.45. The van der Waals surface area contributed by atoms with Gasteiger partial charge in [0.15, 0.2) is 6.20 Å². The average Bonchev–Trinajstić information content (AvgIpc) is 3.27. The van der Waals surface area contributed by atoms with Crippen molar-refractivity contribution in [3.63, 3.8) is 0 Å². The molecule has 0 aliphatic heterocycles. The molecule has 3 heterocycles. The smallest absolute Gasteiger partial charge is 0.216 e. The largest absolute Gasteiger partial charge is 0.454 e. The second-order valence-corrected chi connectivity index (χ2v) is 9.26. The zero-order valence-electron chi connectivity index (χ0n) is 19.9. The van der Waals surface area contributed by atoms with E-state index in [-0.39, 0.29) is 5.82 Å². The molecular formula is C32H22FN2O+. The van der Waals surface area contributed by atoms with Crippen LogP contribution in [0.25, 0.3) is 66.1 Å². The Bertz CT molecular complexity index is 1990. The Morgan fingerprint density at radius 2 is 1.33 bits per heavy atom. The Morgan fingerprint density at radius 1 is 0.667 bits per heavy atom. The highest BCUT2D eigenvalue weighted by molar-refractivity contribution is 6.17. The maximum absolute atomic E-state index is 15.7. The molecule has 0 radical (unpaired) electrons. The number of furan rings is 1. The molecule has 0 spiro atoms. The van der Waals surface area contributed by atoms with E-state index in [9.17, 15) is 0 Å². The van der Waals surface area contributed by atoms with Crippen molar-refractivity contribution in [2.24, 2.45) is 7.05 Å². The van der Waals surface area contributed by atoms with Crippen LogP contribution in [0.3, 0.4) is 0 Å². The predicted octanol–water partition coefficient (Wildman–Crippen LogP) is 7.89. The highest BCUT2D eigenvalue weighted by atomic mass is 19.1. The van der Waals surface area contributed by atoms with Gasteiger partial charge in [-0.15, -0.1) is 0 Å². The quantitative estimate of drug-likeness (QED) is 0.190. The summed E-state index contributed by atoms with van der Waals surface area (Å²) >= 11 is 0. The average molecular weight is 470 g/mol. The fourth-order valence-electron chi connectivity index (χ4n) is 5.39. The molecule has 7 aromatic rings. The minimum Gasteiger partial charge on any atom is -0.454 e. The fourth-order valence-corrected chi connectivity index (χ4v) is 5.39. The molecule has 0 saturated carbocycles. The predicted molar refractivity (Wildman–Crippen MR) is 143 cm³/mol. The molecule has 4 heteroatoms. The zero-order chi connectivity index (χ0) is 24.4. The molecule has 0 N–H and O–H groups in total. The van der Waals surface area contributed by atoms with Crippen molar-refractivity contribution in [3.05, 3.63) is 109 Å². The van der Waals surface area contributed by atoms with Crippen molar-refractivity contribution in [2.45, 2.75) is 6.92 Å². The number of fused-ring (bicyclic) bond motifs is 6. The van der Waals surface area contributed by atoms with Gasteiger partial charge in [0.2, 0.25) is 5.69 Å². The van der Waals surface area contributed by atoms with Crippen LogP contribution >= 0.6 is 0 Å². The van der Waals surface area contributed by atoms with Crippen LogP contribution in [-0.2, 0) is 7.05 Å². The topological polar surface area (TPSA) is 29.9 Å². The molecule has 3 nitrogen and oxygen atoms in total. The van der Waals surface area contributed by atoms with E-state index in [4.69, 9.17) is 9.40 Å². The SMILES string of the molecule is Cc1ccc2c(oc3c(-c4nc5ccccc5c5ccccc45)c(F)ccc32)c1-c1cccc[n+]1C. The summed E-state index contributed by atoms with van der Waals surface area (Å²) in [6.07, 6.45) is 2.02. The molecule has 0 aliphatic carbocycles. The molecule has 36 heavy (non-hydrogen) atoms. The first-order valence-electron chi connectivity index (χ1n) is 12.0. The van der Waals surface area contributed by atoms with E-state index in [0.717, 1.165) is 54.9 Å². The molecule has 0 bridgehead atoms. The molecule has 7 rings (SSSR count). The molecule has 172 valence electrons. The van der Waals surface area contributed by atoms with Crippen molar-refractivity contribution in [2.75, 3.05) is 0 Å². The molecule has 0 saturated heterocycles. The summed E-state index contributed by atoms with van der Waals surface area (Å²) in [4.78, 5) is 4.96. The monoisotopic (exact) mass is 469 g/mol. The van der Waals surface area contributed by atoms with Crippen molar-refractivity contribution in [1.82, 2.24) is 4.98 Å². The molecule has 0 aliphatic rings. The van der Waals surface area contributed by atoms with Crippen LogP contribution in [0.5, 0.6) is 0 Å².